The number of hydrogen-bond donors (Lipinski definition) is 2. The van der Waals surface area contributed by atoms with Crippen molar-refractivity contribution in [1.29, 1.82) is 0 Å². The number of aromatic amines is 1. The highest BCUT2D eigenvalue weighted by atomic mass is 19.1. The zero-order chi connectivity index (χ0) is 13.8. The summed E-state index contributed by atoms with van der Waals surface area (Å²) in [5.41, 5.74) is 4.43. The molecular weight excluding hydrogens is 253 g/mol. The summed E-state index contributed by atoms with van der Waals surface area (Å²) in [6.45, 7) is 0.260. The largest absolute Gasteiger partial charge is 0.492 e. The lowest BCUT2D eigenvalue weighted by molar-refractivity contribution is 0.294. The molecule has 0 saturated carbocycles. The number of nitrogens with zero attached hydrogens (tertiary/aromatic N) is 1. The Morgan fingerprint density at radius 1 is 1.37 bits per heavy atom. The molecule has 7 heteroatoms. The number of H-pyrrole nitrogens is 1. The fraction of sp³-hybridized carbons (Fsp3) is 0.167. The maximum atomic E-state index is 13.0. The van der Waals surface area contributed by atoms with Crippen LogP contribution in [0.5, 0.6) is 5.75 Å². The number of benzene rings is 1. The van der Waals surface area contributed by atoms with E-state index < -0.39 is 17.1 Å². The number of rotatable bonds is 4. The van der Waals surface area contributed by atoms with Gasteiger partial charge in [0.15, 0.2) is 0 Å². The molecule has 2 aromatic rings. The van der Waals surface area contributed by atoms with Gasteiger partial charge in [0, 0.05) is 11.8 Å². The third-order valence-electron chi connectivity index (χ3n) is 2.43. The van der Waals surface area contributed by atoms with Gasteiger partial charge >= 0.3 is 5.69 Å². The molecule has 0 aliphatic rings. The van der Waals surface area contributed by atoms with Gasteiger partial charge in [-0.25, -0.2) is 4.79 Å². The second-order valence-corrected chi connectivity index (χ2v) is 3.85. The zero-order valence-corrected chi connectivity index (χ0v) is 9.93. The van der Waals surface area contributed by atoms with Crippen molar-refractivity contribution >= 4 is 5.69 Å². The van der Waals surface area contributed by atoms with Gasteiger partial charge in [-0.15, -0.1) is 0 Å². The SMILES string of the molecule is Nc1cccc(OCCn2cc(F)c(=O)[nH]c2=O)c1. The first-order chi connectivity index (χ1) is 9.06. The maximum absolute atomic E-state index is 13.0. The third-order valence-corrected chi connectivity index (χ3v) is 2.43. The average molecular weight is 265 g/mol. The Morgan fingerprint density at radius 3 is 2.89 bits per heavy atom. The van der Waals surface area contributed by atoms with Crippen LogP contribution in [0, 0.1) is 5.82 Å². The molecule has 0 amide bonds. The quantitative estimate of drug-likeness (QED) is 0.780. The summed E-state index contributed by atoms with van der Waals surface area (Å²) in [7, 11) is 0. The number of nitrogens with one attached hydrogen (secondary N) is 1. The van der Waals surface area contributed by atoms with E-state index in [1.165, 1.54) is 0 Å². The topological polar surface area (TPSA) is 90.1 Å². The molecule has 2 rings (SSSR count). The summed E-state index contributed by atoms with van der Waals surface area (Å²) in [6.07, 6.45) is 0.851. The van der Waals surface area contributed by atoms with E-state index in [0.717, 1.165) is 10.8 Å². The van der Waals surface area contributed by atoms with Crippen molar-refractivity contribution in [1.82, 2.24) is 9.55 Å². The van der Waals surface area contributed by atoms with Crippen LogP contribution in [0.2, 0.25) is 0 Å². The minimum absolute atomic E-state index is 0.112. The van der Waals surface area contributed by atoms with Gasteiger partial charge in [-0.2, -0.15) is 4.39 Å². The molecule has 0 spiro atoms. The van der Waals surface area contributed by atoms with Crippen LogP contribution < -0.4 is 21.7 Å². The molecule has 0 unspecified atom stereocenters. The second kappa shape index (κ2) is 5.38. The summed E-state index contributed by atoms with van der Waals surface area (Å²) in [5.74, 6) is -0.457. The molecular formula is C12H12FN3O3. The van der Waals surface area contributed by atoms with E-state index in [1.54, 1.807) is 24.3 Å². The number of nitrogens with two attached hydrogens (primary N) is 1. The van der Waals surface area contributed by atoms with Crippen LogP contribution in [0.1, 0.15) is 0 Å². The number of hydrogen-bond acceptors (Lipinski definition) is 4. The first-order valence-electron chi connectivity index (χ1n) is 5.54. The van der Waals surface area contributed by atoms with E-state index in [2.05, 4.69) is 0 Å². The Bertz CT molecular complexity index is 693. The molecule has 0 atom stereocenters. The highest BCUT2D eigenvalue weighted by Gasteiger charge is 2.03. The summed E-state index contributed by atoms with van der Waals surface area (Å²) < 4.78 is 19.4. The lowest BCUT2D eigenvalue weighted by atomic mass is 10.3. The Kier molecular flexibility index (Phi) is 3.65. The molecule has 0 aliphatic carbocycles. The van der Waals surface area contributed by atoms with Crippen molar-refractivity contribution < 1.29 is 9.13 Å². The molecule has 3 N–H and O–H groups in total. The van der Waals surface area contributed by atoms with E-state index in [4.69, 9.17) is 10.5 Å². The van der Waals surface area contributed by atoms with Gasteiger partial charge in [0.05, 0.1) is 12.7 Å². The van der Waals surface area contributed by atoms with Crippen LogP contribution in [-0.4, -0.2) is 16.2 Å². The maximum Gasteiger partial charge on any atom is 0.328 e. The number of anilines is 1. The van der Waals surface area contributed by atoms with Crippen molar-refractivity contribution in [2.24, 2.45) is 0 Å². The zero-order valence-electron chi connectivity index (χ0n) is 9.93. The van der Waals surface area contributed by atoms with Gasteiger partial charge in [-0.1, -0.05) is 6.07 Å². The second-order valence-electron chi connectivity index (χ2n) is 3.85. The van der Waals surface area contributed by atoms with Crippen molar-refractivity contribution in [2.45, 2.75) is 6.54 Å². The smallest absolute Gasteiger partial charge is 0.328 e. The van der Waals surface area contributed by atoms with Crippen LogP contribution in [0.25, 0.3) is 0 Å². The van der Waals surface area contributed by atoms with Crippen molar-refractivity contribution in [3.8, 4) is 5.75 Å². The predicted octanol–water partition coefficient (Wildman–Crippen LogP) is 0.337. The predicted molar refractivity (Wildman–Crippen MR) is 67.6 cm³/mol. The van der Waals surface area contributed by atoms with Gasteiger partial charge < -0.3 is 10.5 Å². The Morgan fingerprint density at radius 2 is 2.16 bits per heavy atom. The summed E-state index contributed by atoms with van der Waals surface area (Å²) >= 11 is 0. The first kappa shape index (κ1) is 12.9. The van der Waals surface area contributed by atoms with Crippen LogP contribution in [-0.2, 0) is 6.54 Å². The highest BCUT2D eigenvalue weighted by molar-refractivity contribution is 5.43. The van der Waals surface area contributed by atoms with Crippen LogP contribution in [0.4, 0.5) is 10.1 Å². The minimum Gasteiger partial charge on any atom is -0.492 e. The van der Waals surface area contributed by atoms with Gasteiger partial charge in [0.1, 0.15) is 12.4 Å². The number of nitrogen functional groups attached to an aromatic ring is 1. The monoisotopic (exact) mass is 265 g/mol. The van der Waals surface area contributed by atoms with Gasteiger partial charge in [0.25, 0.3) is 5.56 Å². The standard InChI is InChI=1S/C12H12FN3O3/c13-10-7-16(12(18)15-11(10)17)4-5-19-9-3-1-2-8(14)6-9/h1-3,6-7H,4-5,14H2,(H,15,17,18). The number of halogens is 1. The van der Waals surface area contributed by atoms with Crippen LogP contribution >= 0.6 is 0 Å². The first-order valence-corrected chi connectivity index (χ1v) is 5.54. The van der Waals surface area contributed by atoms with Gasteiger partial charge in [-0.05, 0) is 12.1 Å². The fourth-order valence-electron chi connectivity index (χ4n) is 1.51. The lowest BCUT2D eigenvalue weighted by Gasteiger charge is -2.08. The number of aromatic nitrogens is 2. The van der Waals surface area contributed by atoms with E-state index >= 15 is 0 Å². The molecule has 19 heavy (non-hydrogen) atoms. The Labute approximate surface area is 107 Å². The molecule has 1 aromatic carbocycles. The molecule has 0 aliphatic heterocycles. The van der Waals surface area contributed by atoms with Crippen LogP contribution in [0.15, 0.2) is 40.1 Å². The minimum atomic E-state index is -1.03. The number of ether oxygens (including phenoxy) is 1. The summed E-state index contributed by atoms with van der Waals surface area (Å²) in [6, 6.07) is 6.80. The van der Waals surface area contributed by atoms with Gasteiger partial charge in [0.2, 0.25) is 5.82 Å². The molecule has 0 radical (unpaired) electrons. The normalized spacial score (nSPS) is 10.4. The van der Waals surface area contributed by atoms with Gasteiger partial charge in [-0.3, -0.25) is 14.3 Å². The summed E-state index contributed by atoms with van der Waals surface area (Å²) in [4.78, 5) is 24.1. The molecule has 1 aromatic heterocycles. The Hall–Kier alpha value is -2.57. The molecule has 0 saturated heterocycles. The highest BCUT2D eigenvalue weighted by Crippen LogP contribution is 2.14. The summed E-state index contributed by atoms with van der Waals surface area (Å²) in [5, 5.41) is 0. The van der Waals surface area contributed by atoms with E-state index in [9.17, 15) is 14.0 Å². The average Bonchev–Trinajstić information content (AvgIpc) is 2.35. The fourth-order valence-corrected chi connectivity index (χ4v) is 1.51. The third kappa shape index (κ3) is 3.21. The van der Waals surface area contributed by atoms with E-state index in [-0.39, 0.29) is 13.2 Å². The van der Waals surface area contributed by atoms with Crippen molar-refractivity contribution in [3.05, 3.63) is 57.1 Å². The van der Waals surface area contributed by atoms with Crippen molar-refractivity contribution in [2.75, 3.05) is 12.3 Å². The van der Waals surface area contributed by atoms with Crippen LogP contribution in [0.3, 0.4) is 0 Å². The van der Waals surface area contributed by atoms with E-state index in [0.29, 0.717) is 11.4 Å². The van der Waals surface area contributed by atoms with Crippen molar-refractivity contribution in [3.63, 3.8) is 0 Å². The molecule has 6 nitrogen and oxygen atoms in total. The Balaban J connectivity index is 2.02. The lowest BCUT2D eigenvalue weighted by Crippen LogP contribution is -2.32. The molecule has 100 valence electrons. The molecule has 0 fully saturated rings. The molecule has 1 heterocycles. The van der Waals surface area contributed by atoms with E-state index in [1.807, 2.05) is 4.98 Å². The molecule has 0 bridgehead atoms.